The topological polar surface area (TPSA) is 54.6 Å². The highest BCUT2D eigenvalue weighted by Crippen LogP contribution is 2.41. The van der Waals surface area contributed by atoms with Crippen molar-refractivity contribution >= 4 is 0 Å². The zero-order valence-electron chi connectivity index (χ0n) is 79.6. The molecule has 14 aliphatic rings. The summed E-state index contributed by atoms with van der Waals surface area (Å²) >= 11 is 0. The van der Waals surface area contributed by atoms with Crippen LogP contribution in [0.25, 0.3) is 0 Å². The standard InChI is InChI=1S/C15H31N3.C15H29N.3C14H28N2.C13H27N3.C13H25NO/c1-12(2)17-8-6-15(7-9-17)18-10-13(3)16(5)14(4)11-18;1-12(2)13-4-6-14(7-5-13)15-8-10-16(3)11-9-15;1-12(2)13-4-10-16(11-5-13)14-6-8-15(3)9-7-14;1-12(2)16-10-6-14(7-11-16)13-4-8-15(3)9-5-13;1-12(2)13-4-6-14(7-5-13)16-10-8-15(3)9-11-16;1-12(2)15-6-4-13(5-7-15)16-10-8-14(3)9-11-16;1-11(2)12-3-5-13(6-4-12)14-7-9-15-10-8-14/h12-15H,6-11H2,1-5H3;12-15H,4-11H2,1-3H3;3*12-14H,4-11H2,1-3H3;12-13H,4-11H2,1-3H3;11-13H,3-10H2,1-2H3/t13-,14+;;;;;;. The number of likely N-dealkylation sites (tertiary alicyclic amines) is 7. The van der Waals surface area contributed by atoms with Crippen LogP contribution in [0.15, 0.2) is 0 Å². The van der Waals surface area contributed by atoms with E-state index in [-0.39, 0.29) is 0 Å². The van der Waals surface area contributed by atoms with E-state index in [1.54, 1.807) is 0 Å². The van der Waals surface area contributed by atoms with Gasteiger partial charge < -0.3 is 48.8 Å². The van der Waals surface area contributed by atoms with Crippen LogP contribution in [0.5, 0.6) is 0 Å². The summed E-state index contributed by atoms with van der Waals surface area (Å²) in [7, 11) is 13.5. The lowest BCUT2D eigenvalue weighted by atomic mass is 9.70. The third-order valence-corrected chi connectivity index (χ3v) is 33.0. The molecule has 0 amide bonds. The van der Waals surface area contributed by atoms with Crippen LogP contribution in [0.4, 0.5) is 0 Å². The molecule has 15 heteroatoms. The minimum Gasteiger partial charge on any atom is -0.379 e. The first-order chi connectivity index (χ1) is 54.1. The Bertz CT molecular complexity index is 2070. The summed E-state index contributed by atoms with van der Waals surface area (Å²) in [5, 5.41) is 0. The molecule has 113 heavy (non-hydrogen) atoms. The Morgan fingerprint density at radius 1 is 0.212 bits per heavy atom. The van der Waals surface area contributed by atoms with Crippen LogP contribution in [0.1, 0.15) is 278 Å². The third-order valence-electron chi connectivity index (χ3n) is 33.0. The second-order valence-electron chi connectivity index (χ2n) is 42.8. The molecular weight excluding hydrogens is 1390 g/mol. The quantitative estimate of drug-likeness (QED) is 0.166. The van der Waals surface area contributed by atoms with E-state index in [4.69, 9.17) is 4.74 Å². The Balaban J connectivity index is 0.000000165. The van der Waals surface area contributed by atoms with Crippen molar-refractivity contribution in [3.63, 3.8) is 0 Å². The van der Waals surface area contributed by atoms with Crippen LogP contribution in [-0.4, -0.2) is 355 Å². The minimum atomic E-state index is 0.705. The molecule has 3 saturated carbocycles. The normalized spacial score (nSPS) is 31.6. The van der Waals surface area contributed by atoms with E-state index in [9.17, 15) is 0 Å². The van der Waals surface area contributed by atoms with Crippen LogP contribution in [0.3, 0.4) is 0 Å². The van der Waals surface area contributed by atoms with Gasteiger partial charge in [0.15, 0.2) is 0 Å². The average Bonchev–Trinajstić information content (AvgIpc) is 0.919. The number of ether oxygens (including phenoxy) is 1. The fourth-order valence-corrected chi connectivity index (χ4v) is 23.4. The van der Waals surface area contributed by atoms with Crippen molar-refractivity contribution in [3.05, 3.63) is 0 Å². The fraction of sp³-hybridized carbons (Fsp3) is 1.00. The van der Waals surface area contributed by atoms with E-state index in [1.807, 2.05) is 0 Å². The van der Waals surface area contributed by atoms with Crippen LogP contribution in [0, 0.1) is 71.0 Å². The third kappa shape index (κ3) is 33.5. The molecule has 664 valence electrons. The number of hydrogen-bond donors (Lipinski definition) is 0. The predicted octanol–water partition coefficient (Wildman–Crippen LogP) is 16.7. The van der Waals surface area contributed by atoms with Crippen molar-refractivity contribution in [1.82, 2.24) is 68.6 Å². The molecule has 0 aromatic rings. The monoisotopic (exact) mass is 1590 g/mol. The molecule has 11 aliphatic heterocycles. The summed E-state index contributed by atoms with van der Waals surface area (Å²) in [4.78, 5) is 36.4. The van der Waals surface area contributed by atoms with E-state index >= 15 is 0 Å². The second-order valence-corrected chi connectivity index (χ2v) is 42.8. The minimum absolute atomic E-state index is 0.705. The highest BCUT2D eigenvalue weighted by Gasteiger charge is 2.37. The van der Waals surface area contributed by atoms with Gasteiger partial charge in [0.1, 0.15) is 0 Å². The highest BCUT2D eigenvalue weighted by atomic mass is 16.5. The van der Waals surface area contributed by atoms with E-state index in [0.29, 0.717) is 12.1 Å². The molecule has 3 aliphatic carbocycles. The number of morpholine rings is 1. The summed E-state index contributed by atoms with van der Waals surface area (Å²) < 4.78 is 5.41. The van der Waals surface area contributed by atoms with Gasteiger partial charge in [0.2, 0.25) is 0 Å². The zero-order valence-corrected chi connectivity index (χ0v) is 79.6. The van der Waals surface area contributed by atoms with Gasteiger partial charge in [-0.05, 0) is 427 Å². The maximum Gasteiger partial charge on any atom is 0.0594 e. The lowest BCUT2D eigenvalue weighted by molar-refractivity contribution is 0.00308. The molecule has 0 unspecified atom stereocenters. The molecule has 14 rings (SSSR count). The molecule has 0 N–H and O–H groups in total. The average molecular weight is 1590 g/mol. The van der Waals surface area contributed by atoms with Gasteiger partial charge in [-0.25, -0.2) is 0 Å². The van der Waals surface area contributed by atoms with Gasteiger partial charge in [-0.2, -0.15) is 0 Å². The smallest absolute Gasteiger partial charge is 0.0594 e. The molecule has 14 fully saturated rings. The second kappa shape index (κ2) is 51.5. The Morgan fingerprint density at radius 2 is 0.442 bits per heavy atom. The van der Waals surface area contributed by atoms with E-state index in [0.717, 1.165) is 146 Å². The summed E-state index contributed by atoms with van der Waals surface area (Å²) in [5.41, 5.74) is 0. The van der Waals surface area contributed by atoms with Crippen molar-refractivity contribution in [1.29, 1.82) is 0 Å². The molecule has 0 aromatic heterocycles. The summed E-state index contributed by atoms with van der Waals surface area (Å²) in [6.45, 7) is 73.2. The Morgan fingerprint density at radius 3 is 0.761 bits per heavy atom. The molecule has 15 nitrogen and oxygen atoms in total. The molecular formula is C98H196N14O. The lowest BCUT2D eigenvalue weighted by Gasteiger charge is -2.48. The van der Waals surface area contributed by atoms with Crippen molar-refractivity contribution in [2.75, 3.05) is 226 Å². The van der Waals surface area contributed by atoms with Gasteiger partial charge in [-0.15, -0.1) is 0 Å². The van der Waals surface area contributed by atoms with Crippen molar-refractivity contribution < 1.29 is 4.74 Å². The Labute approximate surface area is 704 Å². The number of piperidine rings is 7. The van der Waals surface area contributed by atoms with Gasteiger partial charge in [0.25, 0.3) is 0 Å². The molecule has 0 radical (unpaired) electrons. The zero-order chi connectivity index (χ0) is 81.7. The van der Waals surface area contributed by atoms with Gasteiger partial charge in [-0.1, -0.05) is 55.4 Å². The van der Waals surface area contributed by atoms with Crippen molar-refractivity contribution in [2.45, 2.75) is 338 Å². The highest BCUT2D eigenvalue weighted by molar-refractivity contribution is 4.93. The first kappa shape index (κ1) is 97.8. The number of rotatable bonds is 14. The molecule has 0 aromatic carbocycles. The largest absolute Gasteiger partial charge is 0.379 e. The van der Waals surface area contributed by atoms with Crippen LogP contribution < -0.4 is 0 Å². The predicted molar refractivity (Wildman–Crippen MR) is 489 cm³/mol. The maximum atomic E-state index is 5.41. The fourth-order valence-electron chi connectivity index (χ4n) is 23.4. The lowest BCUT2D eigenvalue weighted by Crippen LogP contribution is -2.59. The number of nitrogens with zero attached hydrogens (tertiary/aromatic N) is 14. The maximum absolute atomic E-state index is 5.41. The van der Waals surface area contributed by atoms with Gasteiger partial charge in [-0.3, -0.25) is 24.5 Å². The van der Waals surface area contributed by atoms with Crippen molar-refractivity contribution in [3.8, 4) is 0 Å². The molecule has 0 spiro atoms. The van der Waals surface area contributed by atoms with Crippen LogP contribution in [0.2, 0.25) is 0 Å². The van der Waals surface area contributed by atoms with Gasteiger partial charge in [0.05, 0.1) is 13.2 Å². The van der Waals surface area contributed by atoms with Crippen LogP contribution >= 0.6 is 0 Å². The van der Waals surface area contributed by atoms with Crippen molar-refractivity contribution in [2.24, 2.45) is 71.0 Å². The Hall–Kier alpha value is -0.600. The molecule has 2 atom stereocenters. The SMILES string of the molecule is CC(C)C1CCC(C2CCN(C)CC2)CC1.CC(C)C1CCC(N2CCN(C)CC2)CC1.CC(C)C1CCC(N2CCOCC2)CC1.CC(C)C1CCN(C2CCN(C)CC2)CC1.CC(C)N1CCC(C2CCN(C)CC2)CC1.CC(C)N1CCC(N2CCN(C)CC2)CC1.CC(C)N1CCC(N2C[C@@H](C)N(C)[C@@H](C)C2)CC1. The van der Waals surface area contributed by atoms with Crippen LogP contribution in [-0.2, 0) is 4.74 Å². The number of hydrogen-bond acceptors (Lipinski definition) is 15. The number of piperazine rings is 3. The molecule has 0 bridgehead atoms. The summed E-state index contributed by atoms with van der Waals surface area (Å²) in [5.74, 6) is 11.8. The molecule has 11 saturated heterocycles. The van der Waals surface area contributed by atoms with E-state index in [2.05, 4.69) is 222 Å². The Kier molecular flexibility index (Phi) is 44.6. The van der Waals surface area contributed by atoms with E-state index in [1.165, 1.54) is 324 Å². The number of likely N-dealkylation sites (N-methyl/N-ethyl adjacent to an activating group) is 3. The summed E-state index contributed by atoms with van der Waals surface area (Å²) in [6.07, 6.45) is 37.5. The molecule has 11 heterocycles. The first-order valence-corrected chi connectivity index (χ1v) is 49.7. The van der Waals surface area contributed by atoms with Gasteiger partial charge >= 0.3 is 0 Å². The first-order valence-electron chi connectivity index (χ1n) is 49.7. The van der Waals surface area contributed by atoms with Gasteiger partial charge in [0, 0.05) is 139 Å². The van der Waals surface area contributed by atoms with E-state index < -0.39 is 0 Å². The summed E-state index contributed by atoms with van der Waals surface area (Å²) in [6, 6.07) is 7.97.